The minimum atomic E-state index is 0.0115. The van der Waals surface area contributed by atoms with Crippen molar-refractivity contribution in [2.45, 2.75) is 5.92 Å². The van der Waals surface area contributed by atoms with Crippen LogP contribution in [0.25, 0.3) is 0 Å². The number of benzene rings is 1. The van der Waals surface area contributed by atoms with E-state index in [-0.39, 0.29) is 5.92 Å². The summed E-state index contributed by atoms with van der Waals surface area (Å²) in [6.07, 6.45) is 0. The van der Waals surface area contributed by atoms with Crippen LogP contribution >= 0.6 is 11.6 Å². The van der Waals surface area contributed by atoms with E-state index in [0.717, 1.165) is 5.56 Å². The van der Waals surface area contributed by atoms with Gasteiger partial charge < -0.3 is 5.32 Å². The van der Waals surface area contributed by atoms with Crippen LogP contribution < -0.4 is 5.32 Å². The molecule has 0 aliphatic rings. The van der Waals surface area contributed by atoms with Crippen LogP contribution in [-0.2, 0) is 0 Å². The average molecular weight is 238 g/mol. The molecule has 0 spiro atoms. The Morgan fingerprint density at radius 2 is 2.25 bits per heavy atom. The van der Waals surface area contributed by atoms with E-state index in [9.17, 15) is 0 Å². The molecule has 0 aliphatic carbocycles. The standard InChI is InChI=1S/C10H12ClN5/c1-12-6-8(10-13-15-16-14-10)7-4-2-3-5-9(7)11/h2-5,8,12H,6H2,1H3,(H,13,14,15,16). The summed E-state index contributed by atoms with van der Waals surface area (Å²) in [5.74, 6) is 0.653. The third-order valence-corrected chi connectivity index (χ3v) is 2.71. The van der Waals surface area contributed by atoms with E-state index in [4.69, 9.17) is 11.6 Å². The topological polar surface area (TPSA) is 66.5 Å². The lowest BCUT2D eigenvalue weighted by molar-refractivity contribution is 0.672. The van der Waals surface area contributed by atoms with E-state index in [2.05, 4.69) is 25.9 Å². The van der Waals surface area contributed by atoms with Crippen molar-refractivity contribution in [2.75, 3.05) is 13.6 Å². The quantitative estimate of drug-likeness (QED) is 0.839. The average Bonchev–Trinajstić information content (AvgIpc) is 2.80. The van der Waals surface area contributed by atoms with E-state index in [0.29, 0.717) is 17.4 Å². The molecule has 0 radical (unpaired) electrons. The van der Waals surface area contributed by atoms with Crippen LogP contribution in [-0.4, -0.2) is 34.2 Å². The zero-order chi connectivity index (χ0) is 11.4. The van der Waals surface area contributed by atoms with Crippen molar-refractivity contribution in [2.24, 2.45) is 0 Å². The Morgan fingerprint density at radius 3 is 2.88 bits per heavy atom. The lowest BCUT2D eigenvalue weighted by Gasteiger charge is -2.14. The number of nitrogens with one attached hydrogen (secondary N) is 2. The number of tetrazole rings is 1. The zero-order valence-corrected chi connectivity index (χ0v) is 9.57. The Kier molecular flexibility index (Phi) is 3.48. The molecule has 16 heavy (non-hydrogen) atoms. The molecule has 6 heteroatoms. The third-order valence-electron chi connectivity index (χ3n) is 2.36. The second kappa shape index (κ2) is 5.05. The molecule has 0 bridgehead atoms. The van der Waals surface area contributed by atoms with Crippen molar-refractivity contribution < 1.29 is 0 Å². The predicted molar refractivity (Wildman–Crippen MR) is 61.4 cm³/mol. The number of halogens is 1. The van der Waals surface area contributed by atoms with Gasteiger partial charge in [0, 0.05) is 11.6 Å². The molecule has 1 aromatic carbocycles. The fourth-order valence-corrected chi connectivity index (χ4v) is 1.89. The van der Waals surface area contributed by atoms with Gasteiger partial charge >= 0.3 is 0 Å². The monoisotopic (exact) mass is 237 g/mol. The summed E-state index contributed by atoms with van der Waals surface area (Å²) in [5, 5.41) is 17.9. The van der Waals surface area contributed by atoms with Crippen LogP contribution in [0.1, 0.15) is 17.3 Å². The van der Waals surface area contributed by atoms with Gasteiger partial charge in [-0.3, -0.25) is 0 Å². The number of hydrogen-bond donors (Lipinski definition) is 2. The highest BCUT2D eigenvalue weighted by atomic mass is 35.5. The number of aromatic nitrogens is 4. The fraction of sp³-hybridized carbons (Fsp3) is 0.300. The number of H-pyrrole nitrogens is 1. The first-order valence-corrected chi connectivity index (χ1v) is 5.33. The Balaban J connectivity index is 2.37. The van der Waals surface area contributed by atoms with Gasteiger partial charge in [0.15, 0.2) is 5.82 Å². The number of rotatable bonds is 4. The van der Waals surface area contributed by atoms with Crippen LogP contribution in [0.4, 0.5) is 0 Å². The Bertz CT molecular complexity index is 442. The normalized spacial score (nSPS) is 12.6. The second-order valence-corrected chi connectivity index (χ2v) is 3.81. The Hall–Kier alpha value is -1.46. The maximum Gasteiger partial charge on any atom is 0.183 e. The molecule has 1 atom stereocenters. The molecule has 0 saturated heterocycles. The summed E-state index contributed by atoms with van der Waals surface area (Å²) in [5.41, 5.74) is 1.000. The number of hydrogen-bond acceptors (Lipinski definition) is 4. The fourth-order valence-electron chi connectivity index (χ4n) is 1.62. The van der Waals surface area contributed by atoms with Gasteiger partial charge in [-0.25, -0.2) is 0 Å². The molecule has 1 unspecified atom stereocenters. The minimum absolute atomic E-state index is 0.0115. The van der Waals surface area contributed by atoms with Gasteiger partial charge in [-0.2, -0.15) is 5.21 Å². The molecular weight excluding hydrogens is 226 g/mol. The van der Waals surface area contributed by atoms with Gasteiger partial charge in [0.2, 0.25) is 0 Å². The van der Waals surface area contributed by atoms with Crippen LogP contribution in [0.2, 0.25) is 5.02 Å². The Labute approximate surface area is 98.2 Å². The third kappa shape index (κ3) is 2.20. The molecule has 0 aliphatic heterocycles. The van der Waals surface area contributed by atoms with Crippen LogP contribution in [0.5, 0.6) is 0 Å². The molecule has 0 saturated carbocycles. The van der Waals surface area contributed by atoms with E-state index in [1.165, 1.54) is 0 Å². The molecule has 5 nitrogen and oxygen atoms in total. The lowest BCUT2D eigenvalue weighted by atomic mass is 9.98. The van der Waals surface area contributed by atoms with Crippen LogP contribution in [0.3, 0.4) is 0 Å². The molecular formula is C10H12ClN5. The first-order valence-electron chi connectivity index (χ1n) is 4.95. The number of likely N-dealkylation sites (N-methyl/N-ethyl adjacent to an activating group) is 1. The van der Waals surface area contributed by atoms with Crippen molar-refractivity contribution in [3.63, 3.8) is 0 Å². The van der Waals surface area contributed by atoms with Gasteiger partial charge in [-0.15, -0.1) is 10.2 Å². The number of nitrogens with zero attached hydrogens (tertiary/aromatic N) is 3. The molecule has 1 aromatic heterocycles. The van der Waals surface area contributed by atoms with Gasteiger partial charge in [-0.05, 0) is 18.7 Å². The molecule has 0 fully saturated rings. The summed E-state index contributed by atoms with van der Waals surface area (Å²) < 4.78 is 0. The van der Waals surface area contributed by atoms with Crippen molar-refractivity contribution in [1.82, 2.24) is 25.9 Å². The van der Waals surface area contributed by atoms with Crippen molar-refractivity contribution in [1.29, 1.82) is 0 Å². The summed E-state index contributed by atoms with van der Waals surface area (Å²) in [6, 6.07) is 7.68. The van der Waals surface area contributed by atoms with E-state index in [1.807, 2.05) is 31.3 Å². The highest BCUT2D eigenvalue weighted by Crippen LogP contribution is 2.27. The number of aromatic amines is 1. The molecule has 1 heterocycles. The van der Waals surface area contributed by atoms with E-state index >= 15 is 0 Å². The first kappa shape index (κ1) is 11.0. The van der Waals surface area contributed by atoms with Crippen molar-refractivity contribution in [3.8, 4) is 0 Å². The maximum atomic E-state index is 6.16. The van der Waals surface area contributed by atoms with E-state index < -0.39 is 0 Å². The van der Waals surface area contributed by atoms with Gasteiger partial charge in [0.25, 0.3) is 0 Å². The van der Waals surface area contributed by atoms with Crippen molar-refractivity contribution in [3.05, 3.63) is 40.7 Å². The van der Waals surface area contributed by atoms with Gasteiger partial charge in [0.1, 0.15) is 0 Å². The maximum absolute atomic E-state index is 6.16. The predicted octanol–water partition coefficient (Wildman–Crippen LogP) is 1.20. The second-order valence-electron chi connectivity index (χ2n) is 3.40. The van der Waals surface area contributed by atoms with E-state index in [1.54, 1.807) is 0 Å². The summed E-state index contributed by atoms with van der Waals surface area (Å²) in [4.78, 5) is 0. The smallest absolute Gasteiger partial charge is 0.183 e. The zero-order valence-electron chi connectivity index (χ0n) is 8.81. The van der Waals surface area contributed by atoms with Crippen molar-refractivity contribution >= 4 is 11.6 Å². The van der Waals surface area contributed by atoms with Gasteiger partial charge in [-0.1, -0.05) is 35.0 Å². The highest BCUT2D eigenvalue weighted by molar-refractivity contribution is 6.31. The molecule has 2 rings (SSSR count). The SMILES string of the molecule is CNCC(c1nn[nH]n1)c1ccccc1Cl. The van der Waals surface area contributed by atoms with Gasteiger partial charge in [0.05, 0.1) is 5.92 Å². The van der Waals surface area contributed by atoms with Crippen LogP contribution in [0.15, 0.2) is 24.3 Å². The summed E-state index contributed by atoms with van der Waals surface area (Å²) >= 11 is 6.16. The minimum Gasteiger partial charge on any atom is -0.319 e. The molecule has 84 valence electrons. The summed E-state index contributed by atoms with van der Waals surface area (Å²) in [7, 11) is 1.88. The first-order chi connectivity index (χ1) is 7.83. The molecule has 0 amide bonds. The highest BCUT2D eigenvalue weighted by Gasteiger charge is 2.19. The lowest BCUT2D eigenvalue weighted by Crippen LogP contribution is -2.19. The molecule has 2 aromatic rings. The summed E-state index contributed by atoms with van der Waals surface area (Å²) in [6.45, 7) is 0.712. The largest absolute Gasteiger partial charge is 0.319 e. The Morgan fingerprint density at radius 1 is 1.44 bits per heavy atom. The molecule has 2 N–H and O–H groups in total. The van der Waals surface area contributed by atoms with Crippen LogP contribution in [0, 0.1) is 0 Å².